The van der Waals surface area contributed by atoms with E-state index in [1.165, 1.54) is 11.1 Å². The predicted octanol–water partition coefficient (Wildman–Crippen LogP) is 2.49. The number of carbonyl (C=O) groups excluding carboxylic acids is 1. The summed E-state index contributed by atoms with van der Waals surface area (Å²) in [6.45, 7) is 7.92. The van der Waals surface area contributed by atoms with Gasteiger partial charge in [0.05, 0.1) is 18.6 Å². The monoisotopic (exact) mass is 378 g/mol. The van der Waals surface area contributed by atoms with Crippen LogP contribution in [0.3, 0.4) is 0 Å². The first-order valence-electron chi connectivity index (χ1n) is 10.6. The summed E-state index contributed by atoms with van der Waals surface area (Å²) in [4.78, 5) is 15.5. The zero-order chi connectivity index (χ0) is 19.4. The van der Waals surface area contributed by atoms with Gasteiger partial charge in [0, 0.05) is 19.6 Å². The molecule has 1 amide bonds. The van der Waals surface area contributed by atoms with Crippen molar-refractivity contribution in [3.63, 3.8) is 0 Å². The number of hydrogen-bond acceptors (Lipinski definition) is 2. The van der Waals surface area contributed by atoms with Gasteiger partial charge in [-0.15, -0.1) is 0 Å². The minimum Gasteiger partial charge on any atom is -0.328 e. The van der Waals surface area contributed by atoms with E-state index in [9.17, 15) is 4.79 Å². The Bertz CT molecular complexity index is 779. The summed E-state index contributed by atoms with van der Waals surface area (Å²) in [6.07, 6.45) is 1.87. The molecule has 2 aliphatic rings. The first-order valence-corrected chi connectivity index (χ1v) is 10.6. The van der Waals surface area contributed by atoms with Crippen LogP contribution in [0.2, 0.25) is 0 Å². The largest absolute Gasteiger partial charge is 0.328 e. The lowest BCUT2D eigenvalue weighted by Gasteiger charge is -2.53. The van der Waals surface area contributed by atoms with E-state index in [4.69, 9.17) is 0 Å². The van der Waals surface area contributed by atoms with Crippen LogP contribution in [0, 0.1) is 0 Å². The van der Waals surface area contributed by atoms with Crippen LogP contribution in [0.1, 0.15) is 18.1 Å². The van der Waals surface area contributed by atoms with Crippen molar-refractivity contribution in [2.45, 2.75) is 31.8 Å². The number of rotatable bonds is 5. The first-order chi connectivity index (χ1) is 13.7. The molecule has 2 heterocycles. The van der Waals surface area contributed by atoms with Crippen LogP contribution in [0.4, 0.5) is 0 Å². The van der Waals surface area contributed by atoms with Crippen LogP contribution >= 0.6 is 0 Å². The van der Waals surface area contributed by atoms with Crippen LogP contribution in [-0.2, 0) is 17.6 Å². The quantitative estimate of drug-likeness (QED) is 0.811. The zero-order valence-electron chi connectivity index (χ0n) is 16.9. The number of piperazine rings is 2. The Morgan fingerprint density at radius 2 is 1.71 bits per heavy atom. The molecule has 0 saturated carbocycles. The van der Waals surface area contributed by atoms with Crippen molar-refractivity contribution in [1.82, 2.24) is 10.2 Å². The molecular weight excluding hydrogens is 346 g/mol. The summed E-state index contributed by atoms with van der Waals surface area (Å²) in [7, 11) is 0. The summed E-state index contributed by atoms with van der Waals surface area (Å²) in [5.74, 6) is 0.330. The summed E-state index contributed by atoms with van der Waals surface area (Å²) in [5, 5.41) is 3.50. The first kappa shape index (κ1) is 19.2. The minimum atomic E-state index is 0.271. The third-order valence-electron chi connectivity index (χ3n) is 6.69. The van der Waals surface area contributed by atoms with Crippen LogP contribution in [0.15, 0.2) is 60.7 Å². The summed E-state index contributed by atoms with van der Waals surface area (Å²) < 4.78 is 0.950. The Balaban J connectivity index is 1.55. The van der Waals surface area contributed by atoms with Gasteiger partial charge in [-0.1, -0.05) is 60.7 Å². The fraction of sp³-hybridized carbons (Fsp3) is 0.458. The van der Waals surface area contributed by atoms with Crippen molar-refractivity contribution in [1.29, 1.82) is 0 Å². The lowest BCUT2D eigenvalue weighted by atomic mass is 9.96. The summed E-state index contributed by atoms with van der Waals surface area (Å²) in [6, 6.07) is 22.0. The second-order valence-corrected chi connectivity index (χ2v) is 8.50. The Labute approximate surface area is 168 Å². The highest BCUT2D eigenvalue weighted by atomic mass is 16.2. The SMILES string of the molecule is C[C@H]1CNCC[N+]12CC(=O)N(CCc1ccccc1)[C@@H](Cc1ccccc1)C2. The Hall–Kier alpha value is -2.17. The van der Waals surface area contributed by atoms with Gasteiger partial charge in [-0.05, 0) is 30.9 Å². The third-order valence-corrected chi connectivity index (χ3v) is 6.69. The maximum atomic E-state index is 13.3. The molecule has 1 N–H and O–H groups in total. The minimum absolute atomic E-state index is 0.271. The highest BCUT2D eigenvalue weighted by Gasteiger charge is 2.47. The molecule has 0 radical (unpaired) electrons. The molecule has 4 nitrogen and oxygen atoms in total. The van der Waals surface area contributed by atoms with Crippen LogP contribution in [0.5, 0.6) is 0 Å². The van der Waals surface area contributed by atoms with Gasteiger partial charge in [0.1, 0.15) is 6.54 Å². The van der Waals surface area contributed by atoms with E-state index in [0.29, 0.717) is 18.5 Å². The van der Waals surface area contributed by atoms with Crippen LogP contribution in [0.25, 0.3) is 0 Å². The number of benzene rings is 2. The number of nitrogens with one attached hydrogen (secondary N) is 1. The van der Waals surface area contributed by atoms with Crippen molar-refractivity contribution in [2.75, 3.05) is 39.3 Å². The van der Waals surface area contributed by atoms with Crippen LogP contribution in [-0.4, -0.2) is 66.6 Å². The number of amides is 1. The molecule has 3 atom stereocenters. The molecular formula is C24H32N3O+. The van der Waals surface area contributed by atoms with Crippen molar-refractivity contribution in [3.05, 3.63) is 71.8 Å². The van der Waals surface area contributed by atoms with Gasteiger partial charge in [0.15, 0.2) is 6.54 Å². The average Bonchev–Trinajstić information content (AvgIpc) is 2.71. The number of nitrogens with zero attached hydrogens (tertiary/aromatic N) is 2. The maximum Gasteiger partial charge on any atom is 0.278 e. The highest BCUT2D eigenvalue weighted by molar-refractivity contribution is 5.78. The molecule has 1 unspecified atom stereocenters. The second kappa shape index (κ2) is 8.46. The summed E-state index contributed by atoms with van der Waals surface area (Å²) in [5.41, 5.74) is 2.63. The van der Waals surface area contributed by atoms with Crippen molar-refractivity contribution in [3.8, 4) is 0 Å². The van der Waals surface area contributed by atoms with E-state index in [1.54, 1.807) is 0 Å². The standard InChI is InChI=1S/C24H32N3O/c1-20-17-25-13-15-27(20)18-23(16-22-10-6-3-7-11-22)26(24(28)19-27)14-12-21-8-4-2-5-9-21/h2-11,20,23,25H,12-19H2,1H3/q+1/t20-,23-,27?/m0/s1. The molecule has 0 aromatic heterocycles. The van der Waals surface area contributed by atoms with Gasteiger partial charge in [-0.2, -0.15) is 0 Å². The summed E-state index contributed by atoms with van der Waals surface area (Å²) >= 11 is 0. The third kappa shape index (κ3) is 4.13. The number of carbonyl (C=O) groups is 1. The van der Waals surface area contributed by atoms with Gasteiger partial charge in [-0.25, -0.2) is 0 Å². The fourth-order valence-corrected chi connectivity index (χ4v) is 4.94. The number of hydrogen-bond donors (Lipinski definition) is 1. The van der Waals surface area contributed by atoms with E-state index in [-0.39, 0.29) is 6.04 Å². The molecule has 148 valence electrons. The molecule has 2 aromatic rings. The molecule has 2 fully saturated rings. The van der Waals surface area contributed by atoms with Crippen LogP contribution < -0.4 is 5.32 Å². The Kier molecular flexibility index (Phi) is 5.79. The molecule has 0 aliphatic carbocycles. The lowest BCUT2D eigenvalue weighted by Crippen LogP contribution is -2.73. The topological polar surface area (TPSA) is 32.3 Å². The normalized spacial score (nSPS) is 27.9. The van der Waals surface area contributed by atoms with Crippen molar-refractivity contribution in [2.24, 2.45) is 0 Å². The molecule has 4 heteroatoms. The number of quaternary nitrogens is 1. The fourth-order valence-electron chi connectivity index (χ4n) is 4.94. The highest BCUT2D eigenvalue weighted by Crippen LogP contribution is 2.26. The molecule has 4 rings (SSSR count). The molecule has 1 spiro atoms. The van der Waals surface area contributed by atoms with E-state index < -0.39 is 0 Å². The van der Waals surface area contributed by atoms with Gasteiger partial charge >= 0.3 is 0 Å². The van der Waals surface area contributed by atoms with Gasteiger partial charge in [0.25, 0.3) is 5.91 Å². The molecule has 2 aliphatic heterocycles. The lowest BCUT2D eigenvalue weighted by molar-refractivity contribution is -0.949. The maximum absolute atomic E-state index is 13.3. The molecule has 2 aromatic carbocycles. The Morgan fingerprint density at radius 3 is 2.39 bits per heavy atom. The molecule has 2 saturated heterocycles. The average molecular weight is 379 g/mol. The van der Waals surface area contributed by atoms with E-state index >= 15 is 0 Å². The molecule has 0 bridgehead atoms. The van der Waals surface area contributed by atoms with Crippen molar-refractivity contribution < 1.29 is 9.28 Å². The zero-order valence-corrected chi connectivity index (χ0v) is 16.9. The Morgan fingerprint density at radius 1 is 1.04 bits per heavy atom. The molecule has 28 heavy (non-hydrogen) atoms. The van der Waals surface area contributed by atoms with Gasteiger partial charge in [-0.3, -0.25) is 4.79 Å². The van der Waals surface area contributed by atoms with Gasteiger partial charge < -0.3 is 14.7 Å². The van der Waals surface area contributed by atoms with E-state index in [0.717, 1.165) is 50.0 Å². The van der Waals surface area contributed by atoms with E-state index in [2.05, 4.69) is 71.7 Å². The van der Waals surface area contributed by atoms with E-state index in [1.807, 2.05) is 6.07 Å². The van der Waals surface area contributed by atoms with Crippen molar-refractivity contribution >= 4 is 5.91 Å². The predicted molar refractivity (Wildman–Crippen MR) is 113 cm³/mol. The smallest absolute Gasteiger partial charge is 0.278 e. The second-order valence-electron chi connectivity index (χ2n) is 8.50. The van der Waals surface area contributed by atoms with Gasteiger partial charge in [0.2, 0.25) is 0 Å².